The van der Waals surface area contributed by atoms with E-state index in [1.54, 1.807) is 7.11 Å². The van der Waals surface area contributed by atoms with Gasteiger partial charge in [-0.05, 0) is 67.5 Å². The van der Waals surface area contributed by atoms with E-state index in [1.807, 2.05) is 19.1 Å². The van der Waals surface area contributed by atoms with E-state index in [2.05, 4.69) is 11.8 Å². The van der Waals surface area contributed by atoms with Gasteiger partial charge in [0.1, 0.15) is 0 Å². The molecule has 3 nitrogen and oxygen atoms in total. The average molecular weight is 490 g/mol. The predicted octanol–water partition coefficient (Wildman–Crippen LogP) is 7.15. The van der Waals surface area contributed by atoms with Gasteiger partial charge in [0, 0.05) is 24.3 Å². The van der Waals surface area contributed by atoms with Crippen LogP contribution in [0.2, 0.25) is 0 Å². The minimum absolute atomic E-state index is 0.0263. The van der Waals surface area contributed by atoms with E-state index in [9.17, 15) is 26.3 Å². The molecule has 0 aliphatic carbocycles. The van der Waals surface area contributed by atoms with Gasteiger partial charge in [-0.1, -0.05) is 13.3 Å². The monoisotopic (exact) mass is 489 g/mol. The summed E-state index contributed by atoms with van der Waals surface area (Å²) in [6, 6.07) is 5.49. The molecule has 1 aliphatic rings. The summed E-state index contributed by atoms with van der Waals surface area (Å²) in [6.45, 7) is 4.74. The van der Waals surface area contributed by atoms with Gasteiger partial charge < -0.3 is 14.4 Å². The number of benzene rings is 2. The SMILES string of the molecule is CCCCN1c2cc(OC)c(OC)cc2CC(Cc2cc(C(F)(F)F)cc(C(F)(F)F)c2)[C@H]1C. The smallest absolute Gasteiger partial charge is 0.416 e. The molecule has 188 valence electrons. The number of hydrogen-bond donors (Lipinski definition) is 0. The molecular weight excluding hydrogens is 460 g/mol. The van der Waals surface area contributed by atoms with E-state index in [1.165, 1.54) is 7.11 Å². The molecule has 2 aromatic carbocycles. The zero-order valence-electron chi connectivity index (χ0n) is 19.6. The van der Waals surface area contributed by atoms with Crippen molar-refractivity contribution >= 4 is 5.69 Å². The van der Waals surface area contributed by atoms with Crippen molar-refractivity contribution in [3.8, 4) is 11.5 Å². The van der Waals surface area contributed by atoms with Gasteiger partial charge in [-0.25, -0.2) is 0 Å². The van der Waals surface area contributed by atoms with Crippen LogP contribution in [0.1, 0.15) is 48.9 Å². The molecule has 1 unspecified atom stereocenters. The first kappa shape index (κ1) is 26.0. The van der Waals surface area contributed by atoms with E-state index in [0.29, 0.717) is 24.5 Å². The summed E-state index contributed by atoms with van der Waals surface area (Å²) in [7, 11) is 3.06. The van der Waals surface area contributed by atoms with Crippen LogP contribution in [0.15, 0.2) is 30.3 Å². The minimum Gasteiger partial charge on any atom is -0.493 e. The van der Waals surface area contributed by atoms with Gasteiger partial charge in [-0.15, -0.1) is 0 Å². The number of methoxy groups -OCH3 is 2. The highest BCUT2D eigenvalue weighted by Crippen LogP contribution is 2.43. The Morgan fingerprint density at radius 2 is 1.44 bits per heavy atom. The van der Waals surface area contributed by atoms with Crippen molar-refractivity contribution in [1.29, 1.82) is 0 Å². The molecule has 1 aliphatic heterocycles. The third-order valence-electron chi connectivity index (χ3n) is 6.45. The molecule has 3 rings (SSSR count). The summed E-state index contributed by atoms with van der Waals surface area (Å²) in [5.41, 5.74) is -0.654. The van der Waals surface area contributed by atoms with E-state index in [4.69, 9.17) is 9.47 Å². The van der Waals surface area contributed by atoms with Gasteiger partial charge in [0.15, 0.2) is 11.5 Å². The van der Waals surface area contributed by atoms with Gasteiger partial charge in [-0.2, -0.15) is 26.3 Å². The van der Waals surface area contributed by atoms with E-state index in [-0.39, 0.29) is 30.0 Å². The highest BCUT2D eigenvalue weighted by molar-refractivity contribution is 5.64. The third kappa shape index (κ3) is 5.55. The van der Waals surface area contributed by atoms with Crippen LogP contribution in [0.4, 0.5) is 32.0 Å². The standard InChI is InChI=1S/C25H29F6NO2/c1-5-6-7-32-15(2)17(11-18-12-22(33-3)23(34-4)14-21(18)32)8-16-9-19(24(26,27)28)13-20(10-16)25(29,30)31/h9-10,12-15,17H,5-8,11H2,1-4H3/t15-,17?/m1/s1. The molecule has 0 amide bonds. The minimum atomic E-state index is -4.86. The average Bonchev–Trinajstić information content (AvgIpc) is 2.77. The number of unbranched alkanes of at least 4 members (excludes halogenated alkanes) is 1. The summed E-state index contributed by atoms with van der Waals surface area (Å²) in [6.07, 6.45) is -7.30. The van der Waals surface area contributed by atoms with Gasteiger partial charge in [0.2, 0.25) is 0 Å². The summed E-state index contributed by atoms with van der Waals surface area (Å²) < 4.78 is 90.9. The molecule has 0 aromatic heterocycles. The van der Waals surface area contributed by atoms with E-state index < -0.39 is 23.5 Å². The van der Waals surface area contributed by atoms with Crippen LogP contribution < -0.4 is 14.4 Å². The lowest BCUT2D eigenvalue weighted by Crippen LogP contribution is -2.45. The van der Waals surface area contributed by atoms with Crippen LogP contribution in [0.5, 0.6) is 11.5 Å². The largest absolute Gasteiger partial charge is 0.493 e. The molecule has 0 radical (unpaired) electrons. The van der Waals surface area contributed by atoms with Crippen molar-refractivity contribution < 1.29 is 35.8 Å². The number of fused-ring (bicyclic) bond motifs is 1. The Labute approximate surface area is 195 Å². The molecule has 0 saturated carbocycles. The molecule has 0 fully saturated rings. The number of alkyl halides is 6. The van der Waals surface area contributed by atoms with Crippen LogP contribution >= 0.6 is 0 Å². The molecule has 2 atom stereocenters. The predicted molar refractivity (Wildman–Crippen MR) is 119 cm³/mol. The number of hydrogen-bond acceptors (Lipinski definition) is 3. The van der Waals surface area contributed by atoms with E-state index in [0.717, 1.165) is 36.2 Å². The Bertz CT molecular complexity index is 970. The first-order chi connectivity index (χ1) is 15.9. The Hall–Kier alpha value is -2.58. The summed E-state index contributed by atoms with van der Waals surface area (Å²) >= 11 is 0. The second kappa shape index (κ2) is 9.96. The quantitative estimate of drug-likeness (QED) is 0.386. The zero-order valence-corrected chi connectivity index (χ0v) is 19.6. The highest BCUT2D eigenvalue weighted by Gasteiger charge is 2.38. The van der Waals surface area contributed by atoms with Crippen LogP contribution in [-0.4, -0.2) is 26.8 Å². The summed E-state index contributed by atoms with van der Waals surface area (Å²) in [5.74, 6) is 0.913. The molecule has 2 aromatic rings. The van der Waals surface area contributed by atoms with Crippen LogP contribution in [-0.2, 0) is 25.2 Å². The summed E-state index contributed by atoms with van der Waals surface area (Å²) in [4.78, 5) is 2.17. The first-order valence-electron chi connectivity index (χ1n) is 11.2. The number of anilines is 1. The molecule has 0 saturated heterocycles. The van der Waals surface area contributed by atoms with Crippen molar-refractivity contribution in [3.63, 3.8) is 0 Å². The Balaban J connectivity index is 2.03. The van der Waals surface area contributed by atoms with Gasteiger partial charge in [0.05, 0.1) is 25.3 Å². The Kier molecular flexibility index (Phi) is 7.62. The highest BCUT2D eigenvalue weighted by atomic mass is 19.4. The van der Waals surface area contributed by atoms with Crippen molar-refractivity contribution in [2.24, 2.45) is 5.92 Å². The zero-order chi connectivity index (χ0) is 25.3. The fourth-order valence-corrected chi connectivity index (χ4v) is 4.60. The lowest BCUT2D eigenvalue weighted by molar-refractivity contribution is -0.143. The number of halogens is 6. The van der Waals surface area contributed by atoms with Crippen molar-refractivity contribution in [3.05, 3.63) is 52.6 Å². The second-order valence-corrected chi connectivity index (χ2v) is 8.71. The van der Waals surface area contributed by atoms with Crippen molar-refractivity contribution in [1.82, 2.24) is 0 Å². The lowest BCUT2D eigenvalue weighted by Gasteiger charge is -2.43. The van der Waals surface area contributed by atoms with Gasteiger partial charge >= 0.3 is 12.4 Å². The van der Waals surface area contributed by atoms with Crippen LogP contribution in [0.3, 0.4) is 0 Å². The number of ether oxygens (including phenoxy) is 2. The molecule has 0 N–H and O–H groups in total. The molecule has 0 spiro atoms. The molecule has 9 heteroatoms. The topological polar surface area (TPSA) is 21.7 Å². The van der Waals surface area contributed by atoms with E-state index >= 15 is 0 Å². The third-order valence-corrected chi connectivity index (χ3v) is 6.45. The van der Waals surface area contributed by atoms with Gasteiger partial charge in [0.25, 0.3) is 0 Å². The van der Waals surface area contributed by atoms with Crippen LogP contribution in [0, 0.1) is 5.92 Å². The molecular formula is C25H29F6NO2. The van der Waals surface area contributed by atoms with Crippen molar-refractivity contribution in [2.75, 3.05) is 25.7 Å². The maximum Gasteiger partial charge on any atom is 0.416 e. The Morgan fingerprint density at radius 1 is 0.882 bits per heavy atom. The maximum absolute atomic E-state index is 13.3. The summed E-state index contributed by atoms with van der Waals surface area (Å²) in [5, 5.41) is 0. The van der Waals surface area contributed by atoms with Gasteiger partial charge in [-0.3, -0.25) is 0 Å². The van der Waals surface area contributed by atoms with Crippen molar-refractivity contribution in [2.45, 2.75) is 57.9 Å². The normalized spacial score (nSPS) is 18.6. The number of rotatable bonds is 7. The lowest BCUT2D eigenvalue weighted by atomic mass is 9.81. The molecule has 1 heterocycles. The second-order valence-electron chi connectivity index (χ2n) is 8.71. The first-order valence-corrected chi connectivity index (χ1v) is 11.2. The Morgan fingerprint density at radius 3 is 1.94 bits per heavy atom. The maximum atomic E-state index is 13.3. The molecule has 34 heavy (non-hydrogen) atoms. The fraction of sp³-hybridized carbons (Fsp3) is 0.520. The molecule has 0 bridgehead atoms. The number of nitrogens with zero attached hydrogens (tertiary/aromatic N) is 1. The fourth-order valence-electron chi connectivity index (χ4n) is 4.60. The van der Waals surface area contributed by atoms with Crippen LogP contribution in [0.25, 0.3) is 0 Å².